The first-order valence-electron chi connectivity index (χ1n) is 7.40. The number of carbonyl (C=O) groups is 3. The highest BCUT2D eigenvalue weighted by Gasteiger charge is 2.43. The van der Waals surface area contributed by atoms with Gasteiger partial charge in [-0.2, -0.15) is 0 Å². The molecule has 1 fully saturated rings. The Morgan fingerprint density at radius 3 is 2.28 bits per heavy atom. The van der Waals surface area contributed by atoms with Gasteiger partial charge in [-0.15, -0.1) is 0 Å². The number of methoxy groups -OCH3 is 1. The lowest BCUT2D eigenvalue weighted by Crippen LogP contribution is -2.44. The molecule has 2 amide bonds. The largest absolute Gasteiger partial charge is 0.467 e. The Morgan fingerprint density at radius 2 is 1.80 bits per heavy atom. The molecule has 0 aromatic heterocycles. The van der Waals surface area contributed by atoms with E-state index in [4.69, 9.17) is 49.0 Å². The third-order valence-corrected chi connectivity index (χ3v) is 3.42. The molecule has 11 heteroatoms. The number of nitrogens with zero attached hydrogens (tertiary/aromatic N) is 1. The van der Waals surface area contributed by atoms with Crippen molar-refractivity contribution in [2.45, 2.75) is 48.7 Å². The lowest BCUT2D eigenvalue weighted by molar-refractivity contribution is -0.145. The second-order valence-corrected chi connectivity index (χ2v) is 8.96. The van der Waals surface area contributed by atoms with Gasteiger partial charge in [0.15, 0.2) is 0 Å². The van der Waals surface area contributed by atoms with Crippen LogP contribution in [0.5, 0.6) is 0 Å². The maximum Gasteiger partial charge on any atom is 0.411 e. The van der Waals surface area contributed by atoms with Crippen molar-refractivity contribution in [3.8, 4) is 0 Å². The second kappa shape index (κ2) is 8.51. The molecule has 25 heavy (non-hydrogen) atoms. The molecule has 1 rings (SSSR count). The minimum absolute atomic E-state index is 0.0531. The first-order valence-corrected chi connectivity index (χ1v) is 8.53. The molecule has 1 N–H and O–H groups in total. The van der Waals surface area contributed by atoms with Crippen LogP contribution in [0.4, 0.5) is 9.59 Å². The number of halogens is 3. The highest BCUT2D eigenvalue weighted by atomic mass is 35.6. The highest BCUT2D eigenvalue weighted by molar-refractivity contribution is 6.67. The van der Waals surface area contributed by atoms with E-state index in [1.165, 1.54) is 12.0 Å². The minimum atomic E-state index is -1.73. The minimum Gasteiger partial charge on any atom is -0.467 e. The highest BCUT2D eigenvalue weighted by Crippen LogP contribution is 2.26. The first-order chi connectivity index (χ1) is 11.3. The summed E-state index contributed by atoms with van der Waals surface area (Å²) in [6.07, 6.45) is -1.36. The molecule has 0 radical (unpaired) electrons. The number of carbonyl (C=O) groups excluding carboxylic acids is 3. The van der Waals surface area contributed by atoms with Crippen LogP contribution >= 0.6 is 34.8 Å². The molecule has 0 spiro atoms. The zero-order valence-corrected chi connectivity index (χ0v) is 16.6. The van der Waals surface area contributed by atoms with E-state index in [0.717, 1.165) is 0 Å². The van der Waals surface area contributed by atoms with Gasteiger partial charge >= 0.3 is 18.2 Å². The molecular weight excluding hydrogens is 399 g/mol. The topological polar surface area (TPSA) is 94.2 Å². The van der Waals surface area contributed by atoms with Gasteiger partial charge in [-0.3, -0.25) is 4.90 Å². The van der Waals surface area contributed by atoms with E-state index < -0.39 is 46.2 Å². The molecule has 0 aliphatic carbocycles. The van der Waals surface area contributed by atoms with Crippen LogP contribution in [0.15, 0.2) is 0 Å². The van der Waals surface area contributed by atoms with Crippen molar-refractivity contribution in [1.29, 1.82) is 0 Å². The zero-order valence-electron chi connectivity index (χ0n) is 14.3. The smallest absolute Gasteiger partial charge is 0.411 e. The van der Waals surface area contributed by atoms with Crippen LogP contribution in [0, 0.1) is 0 Å². The SMILES string of the molecule is COC(=O)[C@@H]1C[C@@H](NC(=O)OCC(Cl)(Cl)Cl)CN1C(=O)OC(C)(C)C. The molecule has 0 aromatic rings. The Kier molecular flexibility index (Phi) is 7.46. The van der Waals surface area contributed by atoms with E-state index >= 15 is 0 Å². The monoisotopic (exact) mass is 418 g/mol. The standard InChI is InChI=1S/C14H21Cl3N2O6/c1-13(2,3)25-12(22)19-6-8(5-9(19)10(20)23-4)18-11(21)24-7-14(15,16)17/h8-9H,5-7H2,1-4H3,(H,18,21)/t8-,9+/m1/s1. The van der Waals surface area contributed by atoms with Crippen molar-refractivity contribution < 1.29 is 28.6 Å². The van der Waals surface area contributed by atoms with Gasteiger partial charge in [0, 0.05) is 13.0 Å². The van der Waals surface area contributed by atoms with Crippen molar-refractivity contribution in [2.24, 2.45) is 0 Å². The van der Waals surface area contributed by atoms with Gasteiger partial charge in [-0.25, -0.2) is 14.4 Å². The van der Waals surface area contributed by atoms with Gasteiger partial charge in [-0.1, -0.05) is 34.8 Å². The molecule has 0 saturated carbocycles. The van der Waals surface area contributed by atoms with E-state index in [1.807, 2.05) is 0 Å². The summed E-state index contributed by atoms with van der Waals surface area (Å²) in [6, 6.07) is -1.42. The van der Waals surface area contributed by atoms with Crippen LogP contribution < -0.4 is 5.32 Å². The van der Waals surface area contributed by atoms with Crippen molar-refractivity contribution in [2.75, 3.05) is 20.3 Å². The number of esters is 1. The predicted molar refractivity (Wildman–Crippen MR) is 91.9 cm³/mol. The number of likely N-dealkylation sites (tertiary alicyclic amines) is 1. The maximum atomic E-state index is 12.3. The third-order valence-electron chi connectivity index (χ3n) is 3.09. The van der Waals surface area contributed by atoms with Crippen molar-refractivity contribution in [1.82, 2.24) is 10.2 Å². The van der Waals surface area contributed by atoms with Gasteiger partial charge in [0.05, 0.1) is 13.2 Å². The molecule has 0 bridgehead atoms. The van der Waals surface area contributed by atoms with E-state index in [-0.39, 0.29) is 13.0 Å². The fourth-order valence-corrected chi connectivity index (χ4v) is 2.34. The normalized spacial score (nSPS) is 20.8. The molecule has 1 heterocycles. The van der Waals surface area contributed by atoms with Gasteiger partial charge in [-0.05, 0) is 20.8 Å². The quantitative estimate of drug-likeness (QED) is 0.429. The molecule has 144 valence electrons. The number of nitrogens with one attached hydrogen (secondary N) is 1. The first kappa shape index (κ1) is 21.9. The van der Waals surface area contributed by atoms with Gasteiger partial charge in [0.1, 0.15) is 18.2 Å². The Labute approximate surface area is 161 Å². The molecule has 1 aliphatic heterocycles. The fraction of sp³-hybridized carbons (Fsp3) is 0.786. The van der Waals surface area contributed by atoms with Crippen LogP contribution in [-0.4, -0.2) is 64.8 Å². The number of hydrogen-bond acceptors (Lipinski definition) is 6. The summed E-state index contributed by atoms with van der Waals surface area (Å²) < 4.78 is 13.0. The zero-order chi connectivity index (χ0) is 19.4. The maximum absolute atomic E-state index is 12.3. The Bertz CT molecular complexity index is 518. The molecule has 0 unspecified atom stereocenters. The van der Waals surface area contributed by atoms with Crippen molar-refractivity contribution in [3.05, 3.63) is 0 Å². The second-order valence-electron chi connectivity index (χ2n) is 6.44. The lowest BCUT2D eigenvalue weighted by Gasteiger charge is -2.27. The van der Waals surface area contributed by atoms with E-state index in [2.05, 4.69) is 5.32 Å². The Hall–Kier alpha value is -1.12. The molecule has 2 atom stereocenters. The summed E-state index contributed by atoms with van der Waals surface area (Å²) >= 11 is 16.5. The van der Waals surface area contributed by atoms with Crippen LogP contribution in [0.2, 0.25) is 0 Å². The van der Waals surface area contributed by atoms with Crippen LogP contribution in [0.3, 0.4) is 0 Å². The number of rotatable bonds is 3. The third kappa shape index (κ3) is 7.75. The van der Waals surface area contributed by atoms with Crippen molar-refractivity contribution in [3.63, 3.8) is 0 Å². The number of alkyl carbamates (subject to hydrolysis) is 1. The van der Waals surface area contributed by atoms with E-state index in [0.29, 0.717) is 0 Å². The molecule has 8 nitrogen and oxygen atoms in total. The average molecular weight is 420 g/mol. The van der Waals surface area contributed by atoms with Crippen LogP contribution in [0.1, 0.15) is 27.2 Å². The van der Waals surface area contributed by atoms with E-state index in [1.54, 1.807) is 20.8 Å². The van der Waals surface area contributed by atoms with Crippen LogP contribution in [-0.2, 0) is 19.0 Å². The van der Waals surface area contributed by atoms with Gasteiger partial charge in [0.25, 0.3) is 0 Å². The number of ether oxygens (including phenoxy) is 3. The summed E-state index contributed by atoms with van der Waals surface area (Å²) in [6.45, 7) is 4.73. The molecule has 1 aliphatic rings. The number of amides is 2. The molecule has 0 aromatic carbocycles. The summed E-state index contributed by atoms with van der Waals surface area (Å²) in [4.78, 5) is 37.1. The fourth-order valence-electron chi connectivity index (χ4n) is 2.18. The molecular formula is C14H21Cl3N2O6. The Morgan fingerprint density at radius 1 is 1.20 bits per heavy atom. The summed E-state index contributed by atoms with van der Waals surface area (Å²) in [5.41, 5.74) is -0.730. The Balaban J connectivity index is 2.71. The number of alkyl halides is 3. The lowest BCUT2D eigenvalue weighted by atomic mass is 10.2. The summed E-state index contributed by atoms with van der Waals surface area (Å²) in [5, 5.41) is 2.51. The predicted octanol–water partition coefficient (Wildman–Crippen LogP) is 2.63. The average Bonchev–Trinajstić information content (AvgIpc) is 2.85. The van der Waals surface area contributed by atoms with Crippen LogP contribution in [0.25, 0.3) is 0 Å². The molecule has 1 saturated heterocycles. The number of hydrogen-bond donors (Lipinski definition) is 1. The summed E-state index contributed by atoms with van der Waals surface area (Å²) in [7, 11) is 1.21. The van der Waals surface area contributed by atoms with Crippen molar-refractivity contribution >= 4 is 53.0 Å². The van der Waals surface area contributed by atoms with E-state index in [9.17, 15) is 14.4 Å². The van der Waals surface area contributed by atoms with Gasteiger partial charge in [0.2, 0.25) is 3.79 Å². The van der Waals surface area contributed by atoms with Gasteiger partial charge < -0.3 is 19.5 Å². The summed E-state index contributed by atoms with van der Waals surface area (Å²) in [5.74, 6) is -0.607.